The van der Waals surface area contributed by atoms with Crippen LogP contribution in [0.3, 0.4) is 0 Å². The largest absolute Gasteiger partial charge is 0.338 e. The molecule has 15 heteroatoms. The van der Waals surface area contributed by atoms with Crippen LogP contribution in [0.15, 0.2) is 0 Å². The number of nitrogens with one attached hydrogen (secondary N) is 1. The van der Waals surface area contributed by atoms with E-state index in [1.165, 1.54) is 61.1 Å². The maximum absolute atomic E-state index is 11.5. The Morgan fingerprint density at radius 3 is 1.46 bits per heavy atom. The maximum atomic E-state index is 11.5. The summed E-state index contributed by atoms with van der Waals surface area (Å²) in [5.74, 6) is -1.44. The lowest BCUT2D eigenvalue weighted by molar-refractivity contribution is -0.141. The second-order valence-corrected chi connectivity index (χ2v) is 11.3. The van der Waals surface area contributed by atoms with E-state index in [0.717, 1.165) is 9.80 Å². The summed E-state index contributed by atoms with van der Waals surface area (Å²) in [4.78, 5) is 92.0. The number of amides is 7. The highest BCUT2D eigenvalue weighted by atomic mass is 32.2. The minimum Gasteiger partial charge on any atom is -0.338 e. The standard InChI is InChI=1S/C8H12N2O3S.C8H11NO3S.C6H9NO2S/c1-5(11)9-4-10-7(12)3-6(14-2)8(10)13;1-5(10)4-9-7(11)3-6(13-2)8(9)12;1-7-5(8)3-4(10-2)6(7)9/h6H,3-4H2,1-2H3,(H,9,11);6H,3-4H2,1-2H3;4H,3H2,1-2H3. The molecule has 0 aliphatic carbocycles. The molecule has 3 aliphatic rings. The van der Waals surface area contributed by atoms with E-state index >= 15 is 0 Å². The number of Topliss-reactive ketones (excluding diaryl/α,β-unsaturated/α-hetero) is 1. The van der Waals surface area contributed by atoms with Crippen molar-refractivity contribution in [3.05, 3.63) is 0 Å². The smallest absolute Gasteiger partial charge is 0.244 e. The normalized spacial score (nSPS) is 23.2. The summed E-state index contributed by atoms with van der Waals surface area (Å²) in [7, 11) is 1.53. The number of rotatable bonds is 7. The third-order valence-electron chi connectivity index (χ3n) is 5.47. The molecule has 0 aromatic rings. The van der Waals surface area contributed by atoms with Gasteiger partial charge in [0.05, 0.1) is 22.3 Å². The van der Waals surface area contributed by atoms with Crippen LogP contribution in [-0.2, 0) is 38.4 Å². The first kappa shape index (κ1) is 32.6. The van der Waals surface area contributed by atoms with Crippen LogP contribution in [0, 0.1) is 0 Å². The fourth-order valence-electron chi connectivity index (χ4n) is 3.33. The average Bonchev–Trinajstić information content (AvgIpc) is 3.38. The van der Waals surface area contributed by atoms with Gasteiger partial charge in [-0.1, -0.05) is 0 Å². The van der Waals surface area contributed by atoms with Crippen molar-refractivity contribution in [3.8, 4) is 0 Å². The summed E-state index contributed by atoms with van der Waals surface area (Å²) in [6.07, 6.45) is 6.25. The molecule has 0 spiro atoms. The van der Waals surface area contributed by atoms with Gasteiger partial charge in [-0.15, -0.1) is 0 Å². The highest BCUT2D eigenvalue weighted by Crippen LogP contribution is 2.23. The molecule has 0 bridgehead atoms. The van der Waals surface area contributed by atoms with Crippen LogP contribution in [0.4, 0.5) is 0 Å². The first-order valence-electron chi connectivity index (χ1n) is 11.1. The zero-order valence-corrected chi connectivity index (χ0v) is 24.0. The molecule has 12 nitrogen and oxygen atoms in total. The third-order valence-corrected chi connectivity index (χ3v) is 8.28. The van der Waals surface area contributed by atoms with E-state index in [0.29, 0.717) is 6.42 Å². The Labute approximate surface area is 228 Å². The van der Waals surface area contributed by atoms with E-state index in [2.05, 4.69) is 5.32 Å². The number of nitrogens with zero attached hydrogens (tertiary/aromatic N) is 3. The van der Waals surface area contributed by atoms with Crippen molar-refractivity contribution in [3.63, 3.8) is 0 Å². The molecule has 1 N–H and O–H groups in total. The summed E-state index contributed by atoms with van der Waals surface area (Å²) in [5, 5.41) is 1.74. The van der Waals surface area contributed by atoms with E-state index in [9.17, 15) is 38.4 Å². The number of likely N-dealkylation sites (tertiary alicyclic amines) is 3. The van der Waals surface area contributed by atoms with Crippen LogP contribution in [0.25, 0.3) is 0 Å². The number of imide groups is 3. The second-order valence-electron chi connectivity index (χ2n) is 8.15. The molecule has 206 valence electrons. The number of carbonyl (C=O) groups excluding carboxylic acids is 8. The predicted molar refractivity (Wildman–Crippen MR) is 141 cm³/mol. The molecule has 3 aliphatic heterocycles. The van der Waals surface area contributed by atoms with Gasteiger partial charge in [-0.25, -0.2) is 0 Å². The Morgan fingerprint density at radius 2 is 1.14 bits per heavy atom. The zero-order valence-electron chi connectivity index (χ0n) is 21.6. The summed E-state index contributed by atoms with van der Waals surface area (Å²) >= 11 is 4.15. The van der Waals surface area contributed by atoms with Crippen molar-refractivity contribution in [2.75, 3.05) is 39.0 Å². The van der Waals surface area contributed by atoms with Crippen LogP contribution >= 0.6 is 35.3 Å². The third kappa shape index (κ3) is 9.14. The lowest BCUT2D eigenvalue weighted by Crippen LogP contribution is -2.40. The first-order chi connectivity index (χ1) is 17.3. The van der Waals surface area contributed by atoms with E-state index in [1.807, 2.05) is 6.26 Å². The molecular formula is C22H32N4O8S3. The quantitative estimate of drug-likeness (QED) is 0.398. The van der Waals surface area contributed by atoms with Crippen LogP contribution in [0.1, 0.15) is 33.1 Å². The molecule has 0 aromatic heterocycles. The fraction of sp³-hybridized carbons (Fsp3) is 0.636. The minimum absolute atomic E-state index is 0.00986. The van der Waals surface area contributed by atoms with Crippen LogP contribution in [0.2, 0.25) is 0 Å². The number of hydrogen-bond acceptors (Lipinski definition) is 11. The average molecular weight is 577 g/mol. The van der Waals surface area contributed by atoms with E-state index in [1.54, 1.807) is 12.5 Å². The molecule has 3 atom stereocenters. The molecule has 3 saturated heterocycles. The Hall–Kier alpha value is -2.39. The fourth-order valence-corrected chi connectivity index (χ4v) is 5.27. The van der Waals surface area contributed by atoms with Gasteiger partial charge in [0.25, 0.3) is 0 Å². The van der Waals surface area contributed by atoms with Gasteiger partial charge in [0.15, 0.2) is 0 Å². The topological polar surface area (TPSA) is 158 Å². The molecule has 3 heterocycles. The van der Waals surface area contributed by atoms with Gasteiger partial charge in [-0.3, -0.25) is 53.1 Å². The van der Waals surface area contributed by atoms with Crippen LogP contribution in [-0.4, -0.2) is 117 Å². The number of carbonyl (C=O) groups is 8. The zero-order chi connectivity index (χ0) is 28.4. The van der Waals surface area contributed by atoms with Crippen molar-refractivity contribution >= 4 is 82.4 Å². The lowest BCUT2D eigenvalue weighted by atomic mass is 10.4. The summed E-state index contributed by atoms with van der Waals surface area (Å²) < 4.78 is 0. The van der Waals surface area contributed by atoms with E-state index < -0.39 is 0 Å². The Kier molecular flexibility index (Phi) is 13.3. The lowest BCUT2D eigenvalue weighted by Gasteiger charge is -2.14. The van der Waals surface area contributed by atoms with Gasteiger partial charge in [0.1, 0.15) is 12.5 Å². The van der Waals surface area contributed by atoms with Gasteiger partial charge >= 0.3 is 0 Å². The molecule has 0 saturated carbocycles. The molecule has 3 unspecified atom stereocenters. The molecule has 3 fully saturated rings. The SMILES string of the molecule is CSC1CC(=O)N(C)C1=O.CSC1CC(=O)N(CC(C)=O)C1=O.CSC1CC(=O)N(CNC(C)=O)C1=O. The highest BCUT2D eigenvalue weighted by Gasteiger charge is 2.39. The number of thioether (sulfide) groups is 3. The molecule has 0 radical (unpaired) electrons. The second kappa shape index (κ2) is 15.1. The molecule has 37 heavy (non-hydrogen) atoms. The Balaban J connectivity index is 0.000000281. The summed E-state index contributed by atoms with van der Waals surface area (Å²) in [5.41, 5.74) is 0. The van der Waals surface area contributed by atoms with Crippen molar-refractivity contribution in [1.82, 2.24) is 20.0 Å². The van der Waals surface area contributed by atoms with Crippen LogP contribution < -0.4 is 5.32 Å². The molecular weight excluding hydrogens is 544 g/mol. The number of hydrogen-bond donors (Lipinski definition) is 1. The Morgan fingerprint density at radius 1 is 0.730 bits per heavy atom. The monoisotopic (exact) mass is 576 g/mol. The minimum atomic E-state index is -0.285. The van der Waals surface area contributed by atoms with E-state index in [4.69, 9.17) is 0 Å². The van der Waals surface area contributed by atoms with Gasteiger partial charge < -0.3 is 5.32 Å². The molecule has 3 rings (SSSR count). The number of ketones is 1. The Bertz CT molecular complexity index is 960. The predicted octanol–water partition coefficient (Wildman–Crippen LogP) is -0.257. The van der Waals surface area contributed by atoms with Crippen LogP contribution in [0.5, 0.6) is 0 Å². The van der Waals surface area contributed by atoms with Crippen molar-refractivity contribution in [2.45, 2.75) is 48.9 Å². The van der Waals surface area contributed by atoms with Crippen molar-refractivity contribution in [1.29, 1.82) is 0 Å². The van der Waals surface area contributed by atoms with Gasteiger partial charge in [0, 0.05) is 33.2 Å². The highest BCUT2D eigenvalue weighted by molar-refractivity contribution is 8.00. The summed E-state index contributed by atoms with van der Waals surface area (Å²) in [6.45, 7) is 2.63. The van der Waals surface area contributed by atoms with Gasteiger partial charge in [-0.05, 0) is 25.7 Å². The van der Waals surface area contributed by atoms with Crippen molar-refractivity contribution in [2.24, 2.45) is 0 Å². The first-order valence-corrected chi connectivity index (χ1v) is 15.0. The molecule has 7 amide bonds. The summed E-state index contributed by atoms with van der Waals surface area (Å²) in [6, 6.07) is 0. The van der Waals surface area contributed by atoms with Gasteiger partial charge in [0.2, 0.25) is 41.4 Å². The van der Waals surface area contributed by atoms with E-state index in [-0.39, 0.29) is 88.9 Å². The maximum Gasteiger partial charge on any atom is 0.244 e. The van der Waals surface area contributed by atoms with Gasteiger partial charge in [-0.2, -0.15) is 35.3 Å². The molecule has 0 aromatic carbocycles. The van der Waals surface area contributed by atoms with Crippen molar-refractivity contribution < 1.29 is 38.4 Å².